The van der Waals surface area contributed by atoms with Gasteiger partial charge in [-0.3, -0.25) is 14.4 Å². The van der Waals surface area contributed by atoms with Crippen LogP contribution in [0.1, 0.15) is 6.42 Å². The molecule has 178 valence electrons. The second kappa shape index (κ2) is 12.9. The van der Waals surface area contributed by atoms with E-state index >= 15 is 0 Å². The summed E-state index contributed by atoms with van der Waals surface area (Å²) in [6.45, 7) is 0. The summed E-state index contributed by atoms with van der Waals surface area (Å²) in [5, 5.41) is -1.36. The highest BCUT2D eigenvalue weighted by molar-refractivity contribution is 8.01. The molecule has 0 bridgehead atoms. The molecule has 0 saturated heterocycles. The fourth-order valence-electron chi connectivity index (χ4n) is 2.70. The van der Waals surface area contributed by atoms with Gasteiger partial charge in [-0.05, 0) is 24.3 Å². The molecular formula is C22H25O9PS. The molecule has 0 heterocycles. The summed E-state index contributed by atoms with van der Waals surface area (Å²) in [5.74, 6) is -1.95. The number of hydrogen-bond donors (Lipinski definition) is 0. The third kappa shape index (κ3) is 7.54. The predicted octanol–water partition coefficient (Wildman–Crippen LogP) is 3.72. The molecule has 0 spiro atoms. The van der Waals surface area contributed by atoms with Crippen molar-refractivity contribution >= 4 is 37.3 Å². The normalized spacial score (nSPS) is 12.7. The lowest BCUT2D eigenvalue weighted by atomic mass is 10.3. The lowest BCUT2D eigenvalue weighted by Crippen LogP contribution is -2.41. The molecule has 0 aliphatic carbocycles. The van der Waals surface area contributed by atoms with E-state index in [0.29, 0.717) is 0 Å². The number of methoxy groups -OCH3 is 3. The SMILES string of the molecule is COC(=O)CCSC(C(=O)OC)C(C(=O)OC)P(=O)(Oc1ccccc1)Oc1ccccc1. The molecule has 33 heavy (non-hydrogen) atoms. The largest absolute Gasteiger partial charge is 0.469 e. The maximum absolute atomic E-state index is 14.2. The van der Waals surface area contributed by atoms with E-state index in [2.05, 4.69) is 4.74 Å². The van der Waals surface area contributed by atoms with Crippen molar-refractivity contribution in [1.82, 2.24) is 0 Å². The van der Waals surface area contributed by atoms with E-state index < -0.39 is 36.4 Å². The van der Waals surface area contributed by atoms with Gasteiger partial charge in [-0.1, -0.05) is 36.4 Å². The van der Waals surface area contributed by atoms with Crippen molar-refractivity contribution in [2.75, 3.05) is 27.1 Å². The van der Waals surface area contributed by atoms with Crippen LogP contribution in [-0.4, -0.2) is 55.9 Å². The van der Waals surface area contributed by atoms with Crippen LogP contribution in [0.15, 0.2) is 60.7 Å². The van der Waals surface area contributed by atoms with Crippen molar-refractivity contribution < 1.29 is 42.2 Å². The van der Waals surface area contributed by atoms with Crippen molar-refractivity contribution in [3.8, 4) is 11.5 Å². The number of ether oxygens (including phenoxy) is 3. The fraction of sp³-hybridized carbons (Fsp3) is 0.318. The molecule has 2 aromatic carbocycles. The second-order valence-electron chi connectivity index (χ2n) is 6.46. The molecule has 11 heteroatoms. The van der Waals surface area contributed by atoms with Gasteiger partial charge < -0.3 is 23.3 Å². The number of benzene rings is 2. The monoisotopic (exact) mass is 496 g/mol. The Kier molecular flexibility index (Phi) is 10.3. The van der Waals surface area contributed by atoms with Gasteiger partial charge in [0.05, 0.1) is 27.8 Å². The molecule has 2 unspecified atom stereocenters. The van der Waals surface area contributed by atoms with Crippen LogP contribution in [0.5, 0.6) is 11.5 Å². The third-order valence-electron chi connectivity index (χ3n) is 4.29. The molecule has 0 amide bonds. The predicted molar refractivity (Wildman–Crippen MR) is 122 cm³/mol. The van der Waals surface area contributed by atoms with Gasteiger partial charge in [-0.15, -0.1) is 11.8 Å². The van der Waals surface area contributed by atoms with E-state index in [4.69, 9.17) is 18.5 Å². The van der Waals surface area contributed by atoms with Gasteiger partial charge in [-0.2, -0.15) is 0 Å². The van der Waals surface area contributed by atoms with Crippen molar-refractivity contribution in [3.05, 3.63) is 60.7 Å². The van der Waals surface area contributed by atoms with E-state index in [1.54, 1.807) is 36.4 Å². The van der Waals surface area contributed by atoms with Crippen LogP contribution >= 0.6 is 19.4 Å². The maximum atomic E-state index is 14.2. The molecule has 9 nitrogen and oxygen atoms in total. The zero-order valence-corrected chi connectivity index (χ0v) is 20.1. The third-order valence-corrected chi connectivity index (χ3v) is 7.87. The summed E-state index contributed by atoms with van der Waals surface area (Å²) in [4.78, 5) is 37.1. The standard InChI is InChI=1S/C22H25O9PS/c1-27-18(23)14-15-33-20(22(25)29-3)19(21(24)28-2)32(26,30-16-10-6-4-7-11-16)31-17-12-8-5-9-13-17/h4-13,19-20H,14-15H2,1-3H3. The molecule has 0 fully saturated rings. The van der Waals surface area contributed by atoms with Crippen LogP contribution in [0.2, 0.25) is 0 Å². The summed E-state index contributed by atoms with van der Waals surface area (Å²) in [5.41, 5.74) is -1.70. The Balaban J connectivity index is 2.51. The van der Waals surface area contributed by atoms with Crippen molar-refractivity contribution in [2.24, 2.45) is 0 Å². The van der Waals surface area contributed by atoms with Gasteiger partial charge in [-0.25, -0.2) is 4.57 Å². The highest BCUT2D eigenvalue weighted by Gasteiger charge is 2.53. The van der Waals surface area contributed by atoms with E-state index in [1.165, 1.54) is 31.4 Å². The summed E-state index contributed by atoms with van der Waals surface area (Å²) in [6.07, 6.45) is -0.0497. The Hall–Kier alpha value is -2.97. The second-order valence-corrected chi connectivity index (χ2v) is 9.71. The van der Waals surface area contributed by atoms with Crippen LogP contribution in [0.4, 0.5) is 0 Å². The Bertz CT molecular complexity index is 923. The molecule has 2 rings (SSSR count). The van der Waals surface area contributed by atoms with Gasteiger partial charge in [0.25, 0.3) is 0 Å². The van der Waals surface area contributed by atoms with Crippen molar-refractivity contribution in [2.45, 2.75) is 17.3 Å². The number of esters is 3. The first kappa shape index (κ1) is 26.3. The number of rotatable bonds is 12. The number of carbonyl (C=O) groups excluding carboxylic acids is 3. The summed E-state index contributed by atoms with van der Waals surface area (Å²) in [7, 11) is -0.993. The lowest BCUT2D eigenvalue weighted by Gasteiger charge is -2.29. The van der Waals surface area contributed by atoms with E-state index in [1.807, 2.05) is 0 Å². The van der Waals surface area contributed by atoms with Crippen LogP contribution < -0.4 is 9.05 Å². The molecular weight excluding hydrogens is 471 g/mol. The van der Waals surface area contributed by atoms with Gasteiger partial charge >= 0.3 is 25.5 Å². The Morgan fingerprint density at radius 3 is 1.70 bits per heavy atom. The molecule has 0 aromatic heterocycles. The first-order valence-corrected chi connectivity index (χ1v) is 12.4. The minimum atomic E-state index is -4.45. The van der Waals surface area contributed by atoms with Crippen molar-refractivity contribution in [1.29, 1.82) is 0 Å². The number of thioether (sulfide) groups is 1. The average Bonchev–Trinajstić information content (AvgIpc) is 2.83. The first-order chi connectivity index (χ1) is 15.8. The van der Waals surface area contributed by atoms with Gasteiger partial charge in [0.1, 0.15) is 16.7 Å². The molecule has 2 atom stereocenters. The highest BCUT2D eigenvalue weighted by Crippen LogP contribution is 2.56. The van der Waals surface area contributed by atoms with Gasteiger partial charge in [0, 0.05) is 5.75 Å². The van der Waals surface area contributed by atoms with Crippen molar-refractivity contribution in [3.63, 3.8) is 0 Å². The van der Waals surface area contributed by atoms with Crippen LogP contribution in [-0.2, 0) is 33.2 Å². The molecule has 0 aliphatic heterocycles. The van der Waals surface area contributed by atoms with E-state index in [9.17, 15) is 18.9 Å². The van der Waals surface area contributed by atoms with Crippen LogP contribution in [0, 0.1) is 0 Å². The zero-order valence-electron chi connectivity index (χ0n) is 18.4. The molecule has 0 aliphatic rings. The minimum Gasteiger partial charge on any atom is -0.469 e. The fourth-order valence-corrected chi connectivity index (χ4v) is 6.39. The van der Waals surface area contributed by atoms with Gasteiger partial charge in [0.2, 0.25) is 5.66 Å². The van der Waals surface area contributed by atoms with Crippen LogP contribution in [0.25, 0.3) is 0 Å². The molecule has 0 saturated carbocycles. The molecule has 0 radical (unpaired) electrons. The number of hydrogen-bond acceptors (Lipinski definition) is 10. The molecule has 2 aromatic rings. The average molecular weight is 496 g/mol. The summed E-state index contributed by atoms with van der Waals surface area (Å²) >= 11 is 0.889. The minimum absolute atomic E-state index is 0.0497. The summed E-state index contributed by atoms with van der Waals surface area (Å²) < 4.78 is 40.0. The maximum Gasteiger partial charge on any atom is 0.446 e. The topological polar surface area (TPSA) is 114 Å². The van der Waals surface area contributed by atoms with E-state index in [0.717, 1.165) is 26.0 Å². The lowest BCUT2D eigenvalue weighted by molar-refractivity contribution is -0.146. The summed E-state index contributed by atoms with van der Waals surface area (Å²) in [6, 6.07) is 16.2. The Morgan fingerprint density at radius 1 is 0.788 bits per heavy atom. The molecule has 0 N–H and O–H groups in total. The Morgan fingerprint density at radius 2 is 1.27 bits per heavy atom. The first-order valence-electron chi connectivity index (χ1n) is 9.77. The number of carbonyl (C=O) groups is 3. The van der Waals surface area contributed by atoms with Crippen LogP contribution in [0.3, 0.4) is 0 Å². The zero-order chi connectivity index (χ0) is 24.3. The van der Waals surface area contributed by atoms with Gasteiger partial charge in [0.15, 0.2) is 0 Å². The Labute approximate surface area is 196 Å². The number of para-hydroxylation sites is 2. The smallest absolute Gasteiger partial charge is 0.446 e. The highest BCUT2D eigenvalue weighted by atomic mass is 32.2. The van der Waals surface area contributed by atoms with E-state index in [-0.39, 0.29) is 23.7 Å². The quantitative estimate of drug-likeness (QED) is 0.245.